The first-order chi connectivity index (χ1) is 10.8. The van der Waals surface area contributed by atoms with Crippen molar-refractivity contribution in [3.63, 3.8) is 0 Å². The Kier molecular flexibility index (Phi) is 4.80. The molecule has 120 valence electrons. The highest BCUT2D eigenvalue weighted by molar-refractivity contribution is 9.10. The number of esters is 1. The molecule has 0 saturated carbocycles. The second-order valence-electron chi connectivity index (χ2n) is 4.42. The molecule has 1 fully saturated rings. The summed E-state index contributed by atoms with van der Waals surface area (Å²) < 4.78 is 10.6. The number of carbonyl (C=O) groups excluding carboxylic acids is 4. The van der Waals surface area contributed by atoms with Gasteiger partial charge in [0, 0.05) is 6.92 Å². The molecule has 0 aromatic heterocycles. The Labute approximate surface area is 138 Å². The van der Waals surface area contributed by atoms with Crippen LogP contribution in [-0.2, 0) is 14.4 Å². The van der Waals surface area contributed by atoms with E-state index in [1.165, 1.54) is 32.2 Å². The van der Waals surface area contributed by atoms with Gasteiger partial charge in [0.1, 0.15) is 5.57 Å². The third-order valence-electron chi connectivity index (χ3n) is 2.75. The van der Waals surface area contributed by atoms with Gasteiger partial charge in [0.05, 0.1) is 11.6 Å². The first kappa shape index (κ1) is 16.7. The van der Waals surface area contributed by atoms with Gasteiger partial charge in [-0.2, -0.15) is 0 Å². The summed E-state index contributed by atoms with van der Waals surface area (Å²) in [5, 5.41) is 3.94. The van der Waals surface area contributed by atoms with Crippen molar-refractivity contribution in [2.75, 3.05) is 7.11 Å². The third-order valence-corrected chi connectivity index (χ3v) is 3.34. The minimum Gasteiger partial charge on any atom is -0.493 e. The Morgan fingerprint density at radius 2 is 1.78 bits per heavy atom. The van der Waals surface area contributed by atoms with Crippen molar-refractivity contribution in [2.45, 2.75) is 6.92 Å². The Hall–Kier alpha value is -2.68. The minimum atomic E-state index is -0.874. The lowest BCUT2D eigenvalue weighted by atomic mass is 10.1. The molecule has 1 aliphatic heterocycles. The largest absolute Gasteiger partial charge is 0.493 e. The number of hydrogen-bond donors (Lipinski definition) is 2. The van der Waals surface area contributed by atoms with E-state index < -0.39 is 23.8 Å². The summed E-state index contributed by atoms with van der Waals surface area (Å²) >= 11 is 3.23. The molecule has 0 atom stereocenters. The summed E-state index contributed by atoms with van der Waals surface area (Å²) in [5.74, 6) is -1.74. The molecule has 1 aromatic rings. The predicted molar refractivity (Wildman–Crippen MR) is 81.7 cm³/mol. The summed E-state index contributed by atoms with van der Waals surface area (Å²) in [6, 6.07) is 2.14. The van der Waals surface area contributed by atoms with Crippen molar-refractivity contribution in [1.82, 2.24) is 10.6 Å². The SMILES string of the molecule is COc1cc(C=C2C(=O)NC(=O)NC2=O)cc(Br)c1OC(C)=O. The normalized spacial score (nSPS) is 14.0. The van der Waals surface area contributed by atoms with Gasteiger partial charge in [0.25, 0.3) is 11.8 Å². The number of imide groups is 2. The van der Waals surface area contributed by atoms with Crippen LogP contribution in [-0.4, -0.2) is 30.9 Å². The van der Waals surface area contributed by atoms with Crippen LogP contribution in [0.5, 0.6) is 11.5 Å². The topological polar surface area (TPSA) is 111 Å². The fourth-order valence-electron chi connectivity index (χ4n) is 1.84. The highest BCUT2D eigenvalue weighted by atomic mass is 79.9. The van der Waals surface area contributed by atoms with Gasteiger partial charge in [-0.3, -0.25) is 25.0 Å². The number of urea groups is 1. The quantitative estimate of drug-likeness (QED) is 0.351. The number of carbonyl (C=O) groups is 4. The van der Waals surface area contributed by atoms with Crippen LogP contribution in [0.4, 0.5) is 4.79 Å². The monoisotopic (exact) mass is 382 g/mol. The lowest BCUT2D eigenvalue weighted by molar-refractivity contribution is -0.132. The van der Waals surface area contributed by atoms with Crippen molar-refractivity contribution >= 4 is 45.8 Å². The molecular weight excluding hydrogens is 372 g/mol. The van der Waals surface area contributed by atoms with E-state index >= 15 is 0 Å². The predicted octanol–water partition coefficient (Wildman–Crippen LogP) is 1.13. The summed E-state index contributed by atoms with van der Waals surface area (Å²) in [4.78, 5) is 45.5. The zero-order valence-corrected chi connectivity index (χ0v) is 13.6. The maximum absolute atomic E-state index is 11.7. The van der Waals surface area contributed by atoms with Crippen LogP contribution in [0.25, 0.3) is 6.08 Å². The van der Waals surface area contributed by atoms with E-state index in [2.05, 4.69) is 15.9 Å². The number of hydrogen-bond acceptors (Lipinski definition) is 6. The highest BCUT2D eigenvalue weighted by Gasteiger charge is 2.27. The van der Waals surface area contributed by atoms with Gasteiger partial charge < -0.3 is 9.47 Å². The second kappa shape index (κ2) is 6.61. The summed E-state index contributed by atoms with van der Waals surface area (Å²) in [6.07, 6.45) is 1.28. The number of methoxy groups -OCH3 is 1. The molecule has 2 N–H and O–H groups in total. The van der Waals surface area contributed by atoms with Crippen molar-refractivity contribution in [1.29, 1.82) is 0 Å². The zero-order valence-electron chi connectivity index (χ0n) is 12.1. The molecule has 1 aromatic carbocycles. The van der Waals surface area contributed by atoms with E-state index in [9.17, 15) is 19.2 Å². The maximum atomic E-state index is 11.7. The smallest absolute Gasteiger partial charge is 0.328 e. The van der Waals surface area contributed by atoms with Crippen molar-refractivity contribution in [3.8, 4) is 11.5 Å². The molecular formula is C14H11BrN2O6. The van der Waals surface area contributed by atoms with Crippen LogP contribution in [0.1, 0.15) is 12.5 Å². The fourth-order valence-corrected chi connectivity index (χ4v) is 2.38. The Morgan fingerprint density at radius 1 is 1.17 bits per heavy atom. The van der Waals surface area contributed by atoms with Gasteiger partial charge in [0.2, 0.25) is 0 Å². The first-order valence-corrected chi connectivity index (χ1v) is 7.05. The molecule has 23 heavy (non-hydrogen) atoms. The minimum absolute atomic E-state index is 0.176. The molecule has 0 aliphatic carbocycles. The van der Waals surface area contributed by atoms with E-state index in [1.807, 2.05) is 10.6 Å². The molecule has 0 radical (unpaired) electrons. The molecule has 2 rings (SSSR count). The Bertz CT molecular complexity index is 734. The highest BCUT2D eigenvalue weighted by Crippen LogP contribution is 2.37. The maximum Gasteiger partial charge on any atom is 0.328 e. The Morgan fingerprint density at radius 3 is 2.30 bits per heavy atom. The molecule has 4 amide bonds. The number of nitrogens with one attached hydrogen (secondary N) is 2. The number of rotatable bonds is 3. The fraction of sp³-hybridized carbons (Fsp3) is 0.143. The molecule has 0 unspecified atom stereocenters. The number of barbiturate groups is 1. The van der Waals surface area contributed by atoms with Crippen LogP contribution < -0.4 is 20.1 Å². The van der Waals surface area contributed by atoms with Crippen LogP contribution in [0.2, 0.25) is 0 Å². The molecule has 1 heterocycles. The van der Waals surface area contributed by atoms with Crippen molar-refractivity contribution in [2.24, 2.45) is 0 Å². The number of amides is 4. The molecule has 1 aliphatic rings. The van der Waals surface area contributed by atoms with Gasteiger partial charge in [-0.25, -0.2) is 4.79 Å². The second-order valence-corrected chi connectivity index (χ2v) is 5.28. The summed E-state index contributed by atoms with van der Waals surface area (Å²) in [7, 11) is 1.38. The molecule has 9 heteroatoms. The van der Waals surface area contributed by atoms with Gasteiger partial charge in [0.15, 0.2) is 11.5 Å². The van der Waals surface area contributed by atoms with Gasteiger partial charge in [-0.1, -0.05) is 0 Å². The third kappa shape index (κ3) is 3.75. The van der Waals surface area contributed by atoms with E-state index in [1.54, 1.807) is 0 Å². The molecule has 0 spiro atoms. The lowest BCUT2D eigenvalue weighted by Gasteiger charge is -2.15. The standard InChI is InChI=1S/C14H11BrN2O6/c1-6(18)23-11-9(15)4-7(5-10(11)22-2)3-8-12(19)16-14(21)17-13(8)20/h3-5H,1-2H3,(H2,16,17,19,20,21). The summed E-state index contributed by atoms with van der Waals surface area (Å²) in [6.45, 7) is 1.25. The average molecular weight is 383 g/mol. The van der Waals surface area contributed by atoms with Crippen LogP contribution in [0.3, 0.4) is 0 Å². The van der Waals surface area contributed by atoms with E-state index in [-0.39, 0.29) is 17.1 Å². The zero-order chi connectivity index (χ0) is 17.1. The van der Waals surface area contributed by atoms with Crippen LogP contribution >= 0.6 is 15.9 Å². The van der Waals surface area contributed by atoms with Gasteiger partial charge in [-0.15, -0.1) is 0 Å². The first-order valence-electron chi connectivity index (χ1n) is 6.26. The van der Waals surface area contributed by atoms with E-state index in [4.69, 9.17) is 9.47 Å². The molecule has 1 saturated heterocycles. The molecule has 0 bridgehead atoms. The average Bonchev–Trinajstić information content (AvgIpc) is 2.44. The van der Waals surface area contributed by atoms with Gasteiger partial charge >= 0.3 is 12.0 Å². The van der Waals surface area contributed by atoms with E-state index in [0.717, 1.165) is 0 Å². The Balaban J connectivity index is 2.44. The van der Waals surface area contributed by atoms with E-state index in [0.29, 0.717) is 10.0 Å². The molecule has 8 nitrogen and oxygen atoms in total. The van der Waals surface area contributed by atoms with Crippen molar-refractivity contribution in [3.05, 3.63) is 27.7 Å². The van der Waals surface area contributed by atoms with Crippen molar-refractivity contribution < 1.29 is 28.7 Å². The van der Waals surface area contributed by atoms with Crippen LogP contribution in [0.15, 0.2) is 22.2 Å². The number of ether oxygens (including phenoxy) is 2. The number of halogens is 1. The van der Waals surface area contributed by atoms with Gasteiger partial charge in [-0.05, 0) is 39.7 Å². The van der Waals surface area contributed by atoms with Crippen LogP contribution in [0, 0.1) is 0 Å². The lowest BCUT2D eigenvalue weighted by Crippen LogP contribution is -2.51. The summed E-state index contributed by atoms with van der Waals surface area (Å²) in [5.41, 5.74) is 0.193. The number of benzene rings is 1.